The number of nitrogens with zero attached hydrogens (tertiary/aromatic N) is 1. The minimum atomic E-state index is 0.887. The van der Waals surface area contributed by atoms with Gasteiger partial charge in [-0.1, -0.05) is 0 Å². The average molecular weight is 209 g/mol. The molecule has 1 aromatic carbocycles. The first-order valence-corrected chi connectivity index (χ1v) is 5.07. The zero-order valence-corrected chi connectivity index (χ0v) is 10.1. The van der Waals surface area contributed by atoms with Crippen LogP contribution in [0, 0.1) is 6.92 Å². The molecular weight excluding hydrogens is 190 g/mol. The molecule has 3 nitrogen and oxygen atoms in total. The van der Waals surface area contributed by atoms with Gasteiger partial charge in [0.25, 0.3) is 0 Å². The molecule has 0 radical (unpaired) electrons. The number of rotatable bonds is 4. The summed E-state index contributed by atoms with van der Waals surface area (Å²) in [5.74, 6) is 1.78. The van der Waals surface area contributed by atoms with Crippen LogP contribution >= 0.6 is 0 Å². The number of methoxy groups -OCH3 is 2. The van der Waals surface area contributed by atoms with Gasteiger partial charge in [-0.2, -0.15) is 0 Å². The molecule has 0 N–H and O–H groups in total. The van der Waals surface area contributed by atoms with Crippen molar-refractivity contribution in [2.75, 3.05) is 32.7 Å². The van der Waals surface area contributed by atoms with E-state index >= 15 is 0 Å². The summed E-state index contributed by atoms with van der Waals surface area (Å²) in [7, 11) is 5.41. The summed E-state index contributed by atoms with van der Waals surface area (Å²) in [5.41, 5.74) is 2.14. The van der Waals surface area contributed by atoms with Crippen LogP contribution in [-0.4, -0.2) is 27.8 Å². The zero-order valence-electron chi connectivity index (χ0n) is 10.1. The Bertz CT molecular complexity index is 337. The summed E-state index contributed by atoms with van der Waals surface area (Å²) >= 11 is 0. The average Bonchev–Trinajstić information content (AvgIpc) is 2.27. The van der Waals surface area contributed by atoms with Crippen molar-refractivity contribution in [1.82, 2.24) is 0 Å². The first-order valence-electron chi connectivity index (χ1n) is 5.07. The molecule has 0 aromatic heterocycles. The van der Waals surface area contributed by atoms with Crippen LogP contribution in [0.3, 0.4) is 0 Å². The van der Waals surface area contributed by atoms with E-state index in [-0.39, 0.29) is 0 Å². The second-order valence-electron chi connectivity index (χ2n) is 3.51. The van der Waals surface area contributed by atoms with E-state index < -0.39 is 0 Å². The van der Waals surface area contributed by atoms with Gasteiger partial charge < -0.3 is 14.4 Å². The molecular formula is C12H19NO2. The van der Waals surface area contributed by atoms with E-state index in [1.54, 1.807) is 14.2 Å². The minimum absolute atomic E-state index is 0.887. The molecule has 0 bridgehead atoms. The Kier molecular flexibility index (Phi) is 3.83. The second kappa shape index (κ2) is 4.91. The fraction of sp³-hybridized carbons (Fsp3) is 0.500. The van der Waals surface area contributed by atoms with Gasteiger partial charge in [0.15, 0.2) is 0 Å². The summed E-state index contributed by atoms with van der Waals surface area (Å²) in [5, 5.41) is 0. The molecule has 0 aliphatic rings. The number of hydrogen-bond donors (Lipinski definition) is 0. The quantitative estimate of drug-likeness (QED) is 0.760. The maximum Gasteiger partial charge on any atom is 0.142 e. The molecule has 0 unspecified atom stereocenters. The van der Waals surface area contributed by atoms with E-state index in [1.807, 2.05) is 26.1 Å². The summed E-state index contributed by atoms with van der Waals surface area (Å²) < 4.78 is 10.6. The van der Waals surface area contributed by atoms with Crippen molar-refractivity contribution in [2.24, 2.45) is 0 Å². The van der Waals surface area contributed by atoms with Gasteiger partial charge in [0.05, 0.1) is 19.9 Å². The second-order valence-corrected chi connectivity index (χ2v) is 3.51. The molecule has 0 aliphatic heterocycles. The molecule has 1 rings (SSSR count). The third-order valence-electron chi connectivity index (χ3n) is 2.58. The largest absolute Gasteiger partial charge is 0.496 e. The summed E-state index contributed by atoms with van der Waals surface area (Å²) in [6, 6.07) is 4.01. The van der Waals surface area contributed by atoms with Crippen molar-refractivity contribution in [2.45, 2.75) is 13.8 Å². The fourth-order valence-electron chi connectivity index (χ4n) is 1.50. The summed E-state index contributed by atoms with van der Waals surface area (Å²) in [6.45, 7) is 5.05. The first kappa shape index (κ1) is 11.7. The molecule has 0 atom stereocenters. The number of aryl methyl sites for hydroxylation is 1. The van der Waals surface area contributed by atoms with Crippen molar-refractivity contribution in [3.8, 4) is 11.5 Å². The van der Waals surface area contributed by atoms with E-state index in [4.69, 9.17) is 9.47 Å². The lowest BCUT2D eigenvalue weighted by Crippen LogP contribution is -2.16. The van der Waals surface area contributed by atoms with Gasteiger partial charge in [-0.15, -0.1) is 0 Å². The highest BCUT2D eigenvalue weighted by molar-refractivity contribution is 5.63. The van der Waals surface area contributed by atoms with Gasteiger partial charge in [-0.3, -0.25) is 0 Å². The molecule has 0 fully saturated rings. The molecule has 0 saturated carbocycles. The SMILES string of the molecule is CCN(C)c1cc(OC)c(C)cc1OC. The van der Waals surface area contributed by atoms with Crippen LogP contribution in [0.2, 0.25) is 0 Å². The van der Waals surface area contributed by atoms with Crippen molar-refractivity contribution in [3.63, 3.8) is 0 Å². The number of hydrogen-bond acceptors (Lipinski definition) is 3. The molecule has 15 heavy (non-hydrogen) atoms. The lowest BCUT2D eigenvalue weighted by Gasteiger charge is -2.21. The van der Waals surface area contributed by atoms with Crippen LogP contribution in [0.1, 0.15) is 12.5 Å². The minimum Gasteiger partial charge on any atom is -0.496 e. The van der Waals surface area contributed by atoms with Crippen molar-refractivity contribution >= 4 is 5.69 Å². The van der Waals surface area contributed by atoms with Crippen molar-refractivity contribution in [3.05, 3.63) is 17.7 Å². The first-order chi connectivity index (χ1) is 7.13. The van der Waals surface area contributed by atoms with E-state index in [0.717, 1.165) is 29.3 Å². The maximum atomic E-state index is 5.35. The van der Waals surface area contributed by atoms with E-state index in [9.17, 15) is 0 Å². The highest BCUT2D eigenvalue weighted by atomic mass is 16.5. The predicted molar refractivity (Wildman–Crippen MR) is 63.2 cm³/mol. The van der Waals surface area contributed by atoms with E-state index in [0.29, 0.717) is 0 Å². The number of anilines is 1. The van der Waals surface area contributed by atoms with Crippen LogP contribution in [0.5, 0.6) is 11.5 Å². The number of ether oxygens (including phenoxy) is 2. The van der Waals surface area contributed by atoms with Gasteiger partial charge >= 0.3 is 0 Å². The third kappa shape index (κ3) is 2.35. The number of benzene rings is 1. The molecule has 0 heterocycles. The third-order valence-corrected chi connectivity index (χ3v) is 2.58. The van der Waals surface area contributed by atoms with Gasteiger partial charge in [0.2, 0.25) is 0 Å². The summed E-state index contributed by atoms with van der Waals surface area (Å²) in [6.07, 6.45) is 0. The molecule has 3 heteroatoms. The Hall–Kier alpha value is -1.38. The van der Waals surface area contributed by atoms with Crippen molar-refractivity contribution < 1.29 is 9.47 Å². The molecule has 84 valence electrons. The Balaban J connectivity index is 3.22. The molecule has 0 saturated heterocycles. The van der Waals surface area contributed by atoms with E-state index in [2.05, 4.69) is 11.8 Å². The normalized spacial score (nSPS) is 9.93. The van der Waals surface area contributed by atoms with Crippen LogP contribution in [-0.2, 0) is 0 Å². The zero-order chi connectivity index (χ0) is 11.4. The van der Waals surface area contributed by atoms with Crippen LogP contribution in [0.15, 0.2) is 12.1 Å². The Morgan fingerprint density at radius 2 is 1.73 bits per heavy atom. The van der Waals surface area contributed by atoms with Gasteiger partial charge in [0, 0.05) is 19.7 Å². The van der Waals surface area contributed by atoms with Crippen molar-refractivity contribution in [1.29, 1.82) is 0 Å². The molecule has 1 aromatic rings. The smallest absolute Gasteiger partial charge is 0.142 e. The lowest BCUT2D eigenvalue weighted by molar-refractivity contribution is 0.400. The Morgan fingerprint density at radius 1 is 1.13 bits per heavy atom. The predicted octanol–water partition coefficient (Wildman–Crippen LogP) is 2.47. The van der Waals surface area contributed by atoms with Crippen LogP contribution < -0.4 is 14.4 Å². The van der Waals surface area contributed by atoms with Crippen LogP contribution in [0.4, 0.5) is 5.69 Å². The Morgan fingerprint density at radius 3 is 2.20 bits per heavy atom. The summed E-state index contributed by atoms with van der Waals surface area (Å²) in [4.78, 5) is 2.13. The highest BCUT2D eigenvalue weighted by Gasteiger charge is 2.10. The van der Waals surface area contributed by atoms with Gasteiger partial charge in [-0.25, -0.2) is 0 Å². The topological polar surface area (TPSA) is 21.7 Å². The molecule has 0 amide bonds. The van der Waals surface area contributed by atoms with Gasteiger partial charge in [-0.05, 0) is 25.5 Å². The standard InChI is InChI=1S/C12H19NO2/c1-6-13(3)10-8-11(14-4)9(2)7-12(10)15-5/h7-8H,6H2,1-5H3. The van der Waals surface area contributed by atoms with Crippen LogP contribution in [0.25, 0.3) is 0 Å². The maximum absolute atomic E-state index is 5.35. The highest BCUT2D eigenvalue weighted by Crippen LogP contribution is 2.34. The Labute approximate surface area is 91.6 Å². The van der Waals surface area contributed by atoms with E-state index in [1.165, 1.54) is 0 Å². The lowest BCUT2D eigenvalue weighted by atomic mass is 10.1. The molecule has 0 aliphatic carbocycles. The molecule has 0 spiro atoms. The fourth-order valence-corrected chi connectivity index (χ4v) is 1.50. The van der Waals surface area contributed by atoms with Gasteiger partial charge in [0.1, 0.15) is 11.5 Å². The monoisotopic (exact) mass is 209 g/mol.